The van der Waals surface area contributed by atoms with Gasteiger partial charge in [0.15, 0.2) is 0 Å². The number of hydrogen-bond donors (Lipinski definition) is 0. The van der Waals surface area contributed by atoms with Gasteiger partial charge in [-0.15, -0.1) is 0 Å². The molecule has 0 fully saturated rings. The van der Waals surface area contributed by atoms with Crippen molar-refractivity contribution in [1.82, 2.24) is 4.90 Å². The predicted molar refractivity (Wildman–Crippen MR) is 116 cm³/mol. The van der Waals surface area contributed by atoms with Crippen molar-refractivity contribution in [2.24, 2.45) is 0 Å². The molecule has 27 heavy (non-hydrogen) atoms. The van der Waals surface area contributed by atoms with E-state index in [9.17, 15) is 0 Å². The monoisotopic (exact) mass is 403 g/mol. The van der Waals surface area contributed by atoms with Crippen LogP contribution in [0.3, 0.4) is 0 Å². The molecule has 0 amide bonds. The summed E-state index contributed by atoms with van der Waals surface area (Å²) in [4.78, 5) is 3.23. The summed E-state index contributed by atoms with van der Waals surface area (Å²) in [7, 11) is 2.40. The Morgan fingerprint density at radius 1 is 0.815 bits per heavy atom. The maximum atomic E-state index is 5.79. The zero-order chi connectivity index (χ0) is 19.5. The molecule has 0 atom stereocenters. The highest BCUT2D eigenvalue weighted by molar-refractivity contribution is 7.80. The Kier molecular flexibility index (Phi) is 9.10. The highest BCUT2D eigenvalue weighted by Gasteiger charge is 2.37. The van der Waals surface area contributed by atoms with Crippen LogP contribution >= 0.6 is 12.2 Å². The van der Waals surface area contributed by atoms with Crippen LogP contribution in [0, 0.1) is 0 Å². The molecule has 2 rings (SSSR count). The molecule has 0 spiro atoms. The quantitative estimate of drug-likeness (QED) is 0.402. The lowest BCUT2D eigenvalue weighted by molar-refractivity contribution is 0.123. The molecule has 0 radical (unpaired) electrons. The van der Waals surface area contributed by atoms with Gasteiger partial charge < -0.3 is 18.2 Å². The summed E-state index contributed by atoms with van der Waals surface area (Å²) in [5.41, 5.74) is 2.51. The Balaban J connectivity index is 2.02. The van der Waals surface area contributed by atoms with Crippen LogP contribution in [0.2, 0.25) is 6.04 Å². The smallest absolute Gasteiger partial charge is 0.377 e. The van der Waals surface area contributed by atoms with E-state index in [1.807, 2.05) is 12.1 Å². The van der Waals surface area contributed by atoms with Gasteiger partial charge in [-0.3, -0.25) is 0 Å². The molecule has 0 heterocycles. The lowest BCUT2D eigenvalue weighted by atomic mass is 10.1. The maximum absolute atomic E-state index is 5.79. The summed E-state index contributed by atoms with van der Waals surface area (Å²) in [6.45, 7) is 1.60. The number of hydrogen-bond acceptors (Lipinski definition) is 4. The van der Waals surface area contributed by atoms with Gasteiger partial charge in [-0.1, -0.05) is 72.9 Å². The van der Waals surface area contributed by atoms with E-state index in [0.29, 0.717) is 0 Å². The van der Waals surface area contributed by atoms with Crippen molar-refractivity contribution in [2.75, 3.05) is 21.3 Å². The molecule has 0 aliphatic carbocycles. The number of benzene rings is 2. The molecule has 0 unspecified atom stereocenters. The fourth-order valence-electron chi connectivity index (χ4n) is 3.01. The molecular formula is C21H29NO3SSi. The third-order valence-electron chi connectivity index (χ3n) is 4.59. The Morgan fingerprint density at radius 3 is 1.67 bits per heavy atom. The molecule has 0 aliphatic heterocycles. The summed E-state index contributed by atoms with van der Waals surface area (Å²) in [6, 6.07) is 21.6. The van der Waals surface area contributed by atoms with Gasteiger partial charge in [0.2, 0.25) is 0 Å². The zero-order valence-electron chi connectivity index (χ0n) is 16.4. The van der Waals surface area contributed by atoms with Crippen molar-refractivity contribution in [3.05, 3.63) is 71.8 Å². The molecular weight excluding hydrogens is 374 g/mol. The first kappa shape index (κ1) is 21.7. The van der Waals surface area contributed by atoms with Crippen LogP contribution in [-0.4, -0.2) is 40.0 Å². The first-order valence-electron chi connectivity index (χ1n) is 9.13. The average Bonchev–Trinajstić information content (AvgIpc) is 2.72. The average molecular weight is 404 g/mol. The van der Waals surface area contributed by atoms with Crippen LogP contribution in [0.1, 0.15) is 24.0 Å². The summed E-state index contributed by atoms with van der Waals surface area (Å²) in [5.74, 6) is 0. The molecule has 146 valence electrons. The molecule has 4 nitrogen and oxygen atoms in total. The predicted octanol–water partition coefficient (Wildman–Crippen LogP) is 4.67. The fourth-order valence-corrected chi connectivity index (χ4v) is 5.01. The lowest BCUT2D eigenvalue weighted by Gasteiger charge is -2.27. The summed E-state index contributed by atoms with van der Waals surface area (Å²) >= 11 is 5.79. The first-order chi connectivity index (χ1) is 13.1. The SMILES string of the molecule is CO[Si](CCCC(=S)N(Cc1ccccc1)Cc1ccccc1)(OC)OC. The van der Waals surface area contributed by atoms with E-state index in [0.717, 1.165) is 37.0 Å². The Morgan fingerprint density at radius 2 is 1.26 bits per heavy atom. The van der Waals surface area contributed by atoms with Crippen LogP contribution in [0.4, 0.5) is 0 Å². The normalized spacial score (nSPS) is 11.4. The van der Waals surface area contributed by atoms with Gasteiger partial charge in [0, 0.05) is 40.5 Å². The summed E-state index contributed by atoms with van der Waals surface area (Å²) in [6.07, 6.45) is 1.68. The second-order valence-corrected chi connectivity index (χ2v) is 9.93. The Labute approximate surface area is 169 Å². The zero-order valence-corrected chi connectivity index (χ0v) is 18.2. The van der Waals surface area contributed by atoms with E-state index in [1.54, 1.807) is 21.3 Å². The third-order valence-corrected chi connectivity index (χ3v) is 7.89. The van der Waals surface area contributed by atoms with Gasteiger partial charge in [0.1, 0.15) is 0 Å². The van der Waals surface area contributed by atoms with E-state index in [1.165, 1.54) is 11.1 Å². The van der Waals surface area contributed by atoms with E-state index in [4.69, 9.17) is 25.5 Å². The van der Waals surface area contributed by atoms with Gasteiger partial charge in [0.25, 0.3) is 0 Å². The molecule has 0 saturated heterocycles. The standard InChI is InChI=1S/C21H29NO3SSi/c1-23-27(24-2,25-3)16-10-15-21(26)22(17-19-11-6-4-7-12-19)18-20-13-8-5-9-14-20/h4-9,11-14H,10,15-18H2,1-3H3. The molecule has 0 N–H and O–H groups in total. The molecule has 6 heteroatoms. The second kappa shape index (κ2) is 11.3. The highest BCUT2D eigenvalue weighted by atomic mass is 32.1. The van der Waals surface area contributed by atoms with E-state index < -0.39 is 8.80 Å². The van der Waals surface area contributed by atoms with E-state index in [2.05, 4.69) is 53.4 Å². The topological polar surface area (TPSA) is 30.9 Å². The van der Waals surface area contributed by atoms with Crippen molar-refractivity contribution in [3.63, 3.8) is 0 Å². The Bertz CT molecular complexity index is 631. The number of thiocarbonyl (C=S) groups is 1. The second-order valence-electron chi connectivity index (χ2n) is 6.37. The molecule has 0 saturated carbocycles. The molecule has 2 aromatic carbocycles. The minimum Gasteiger partial charge on any atom is -0.377 e. The van der Waals surface area contributed by atoms with Gasteiger partial charge in [-0.05, 0) is 24.0 Å². The van der Waals surface area contributed by atoms with Crippen LogP contribution < -0.4 is 0 Å². The molecule has 0 aliphatic rings. The van der Waals surface area contributed by atoms with Gasteiger partial charge in [-0.2, -0.15) is 0 Å². The van der Waals surface area contributed by atoms with Crippen LogP contribution in [0.15, 0.2) is 60.7 Å². The molecule has 2 aromatic rings. The van der Waals surface area contributed by atoms with Gasteiger partial charge in [0.05, 0.1) is 4.99 Å². The first-order valence-corrected chi connectivity index (χ1v) is 11.5. The van der Waals surface area contributed by atoms with Crippen LogP contribution in [0.25, 0.3) is 0 Å². The largest absolute Gasteiger partial charge is 0.500 e. The van der Waals surface area contributed by atoms with Crippen molar-refractivity contribution in [1.29, 1.82) is 0 Å². The summed E-state index contributed by atoms with van der Waals surface area (Å²) < 4.78 is 16.5. The van der Waals surface area contributed by atoms with E-state index >= 15 is 0 Å². The fraction of sp³-hybridized carbons (Fsp3) is 0.381. The minimum atomic E-state index is -2.55. The van der Waals surface area contributed by atoms with E-state index in [-0.39, 0.29) is 0 Å². The third kappa shape index (κ3) is 6.83. The maximum Gasteiger partial charge on any atom is 0.500 e. The van der Waals surface area contributed by atoms with Crippen LogP contribution in [0.5, 0.6) is 0 Å². The summed E-state index contributed by atoms with van der Waals surface area (Å²) in [5, 5.41) is 0. The molecule has 0 aromatic heterocycles. The van der Waals surface area contributed by atoms with Crippen LogP contribution in [-0.2, 0) is 26.4 Å². The number of nitrogens with zero attached hydrogens (tertiary/aromatic N) is 1. The van der Waals surface area contributed by atoms with Crippen molar-refractivity contribution >= 4 is 26.0 Å². The van der Waals surface area contributed by atoms with Crippen molar-refractivity contribution < 1.29 is 13.3 Å². The van der Waals surface area contributed by atoms with Gasteiger partial charge in [-0.25, -0.2) is 0 Å². The van der Waals surface area contributed by atoms with Crippen molar-refractivity contribution in [3.8, 4) is 0 Å². The van der Waals surface area contributed by atoms with Gasteiger partial charge >= 0.3 is 8.80 Å². The highest BCUT2D eigenvalue weighted by Crippen LogP contribution is 2.19. The Hall–Kier alpha value is -1.57. The molecule has 0 bridgehead atoms. The minimum absolute atomic E-state index is 0.751. The lowest BCUT2D eigenvalue weighted by Crippen LogP contribution is -2.42. The van der Waals surface area contributed by atoms with Crippen molar-refractivity contribution in [2.45, 2.75) is 32.0 Å². The number of rotatable bonds is 11.